The zero-order valence-corrected chi connectivity index (χ0v) is 12.0. The number of aromatic nitrogens is 2. The van der Waals surface area contributed by atoms with Gasteiger partial charge < -0.3 is 15.7 Å². The number of imidazole rings is 1. The number of carboxylic acid groups (broad SMARTS) is 1. The molecule has 0 spiro atoms. The second kappa shape index (κ2) is 5.45. The molecule has 3 aromatic rings. The number of benzene rings is 1. The second-order valence-corrected chi connectivity index (χ2v) is 5.51. The number of carboxylic acids is 1. The van der Waals surface area contributed by atoms with Crippen LogP contribution in [0, 0.1) is 0 Å². The zero-order valence-electron chi connectivity index (χ0n) is 11.1. The molecule has 0 saturated carbocycles. The number of para-hydroxylation sites is 2. The highest BCUT2D eigenvalue weighted by Gasteiger charge is 2.15. The van der Waals surface area contributed by atoms with Gasteiger partial charge in [-0.3, -0.25) is 9.20 Å². The molecule has 2 heterocycles. The Balaban J connectivity index is 1.90. The van der Waals surface area contributed by atoms with E-state index in [0.717, 1.165) is 10.7 Å². The number of rotatable bonds is 5. The molecule has 2 aromatic heterocycles. The van der Waals surface area contributed by atoms with Crippen molar-refractivity contribution in [3.8, 4) is 0 Å². The Morgan fingerprint density at radius 3 is 2.95 bits per heavy atom. The lowest BCUT2D eigenvalue weighted by Gasteiger charge is -2.23. The smallest absolute Gasteiger partial charge is 0.323 e. The summed E-state index contributed by atoms with van der Waals surface area (Å²) in [4.78, 5) is 18.2. The van der Waals surface area contributed by atoms with Crippen molar-refractivity contribution in [1.82, 2.24) is 9.38 Å². The van der Waals surface area contributed by atoms with E-state index in [2.05, 4.69) is 4.98 Å². The van der Waals surface area contributed by atoms with E-state index in [1.54, 1.807) is 22.3 Å². The summed E-state index contributed by atoms with van der Waals surface area (Å²) in [7, 11) is 0. The monoisotopic (exact) mass is 302 g/mol. The van der Waals surface area contributed by atoms with Crippen LogP contribution in [0.15, 0.2) is 42.0 Å². The van der Waals surface area contributed by atoms with Gasteiger partial charge in [-0.2, -0.15) is 0 Å². The summed E-state index contributed by atoms with van der Waals surface area (Å²) in [6.07, 6.45) is 3.83. The number of nitrogens with two attached hydrogens (primary N) is 1. The molecule has 0 unspecified atom stereocenters. The molecule has 3 N–H and O–H groups in total. The predicted octanol–water partition coefficient (Wildman–Crippen LogP) is 2.07. The highest BCUT2D eigenvalue weighted by atomic mass is 32.1. The third-order valence-electron chi connectivity index (χ3n) is 3.10. The summed E-state index contributed by atoms with van der Waals surface area (Å²) in [6.45, 7) is 0.272. The quantitative estimate of drug-likeness (QED) is 0.705. The molecule has 0 bridgehead atoms. The molecule has 6 nitrogen and oxygen atoms in total. The first-order valence-corrected chi connectivity index (χ1v) is 7.24. The highest BCUT2D eigenvalue weighted by molar-refractivity contribution is 7.15. The second-order valence-electron chi connectivity index (χ2n) is 4.63. The molecule has 0 saturated heterocycles. The maximum absolute atomic E-state index is 11.1. The standard InChI is InChI=1S/C14H14N4O2S/c15-11-3-1-2-4-12(11)18(9-13(19)20)8-10-7-17-5-6-21-14(17)16-10/h1-7H,8-9,15H2,(H,19,20). The van der Waals surface area contributed by atoms with Crippen LogP contribution in [0.3, 0.4) is 0 Å². The molecule has 0 aliphatic carbocycles. The van der Waals surface area contributed by atoms with Gasteiger partial charge in [-0.1, -0.05) is 12.1 Å². The molecule has 0 fully saturated rings. The van der Waals surface area contributed by atoms with Crippen molar-refractivity contribution in [3.05, 3.63) is 47.7 Å². The number of carbonyl (C=O) groups is 1. The van der Waals surface area contributed by atoms with Crippen LogP contribution in [-0.4, -0.2) is 27.0 Å². The van der Waals surface area contributed by atoms with E-state index in [9.17, 15) is 4.79 Å². The van der Waals surface area contributed by atoms with E-state index in [4.69, 9.17) is 10.8 Å². The van der Waals surface area contributed by atoms with E-state index in [1.165, 1.54) is 0 Å². The third-order valence-corrected chi connectivity index (χ3v) is 3.87. The lowest BCUT2D eigenvalue weighted by Crippen LogP contribution is -2.30. The van der Waals surface area contributed by atoms with E-state index in [1.807, 2.05) is 40.4 Å². The minimum absolute atomic E-state index is 0.126. The Labute approximate surface area is 125 Å². The van der Waals surface area contributed by atoms with Gasteiger partial charge in [-0.25, -0.2) is 4.98 Å². The van der Waals surface area contributed by atoms with Crippen molar-refractivity contribution in [2.75, 3.05) is 17.2 Å². The first-order chi connectivity index (χ1) is 10.1. The van der Waals surface area contributed by atoms with Crippen molar-refractivity contribution in [1.29, 1.82) is 0 Å². The molecule has 0 aliphatic rings. The highest BCUT2D eigenvalue weighted by Crippen LogP contribution is 2.24. The number of hydrogen-bond donors (Lipinski definition) is 2. The van der Waals surface area contributed by atoms with Gasteiger partial charge >= 0.3 is 5.97 Å². The van der Waals surface area contributed by atoms with Crippen LogP contribution in [0.25, 0.3) is 4.96 Å². The number of nitrogen functional groups attached to an aromatic ring is 1. The van der Waals surface area contributed by atoms with Gasteiger partial charge in [0, 0.05) is 17.8 Å². The van der Waals surface area contributed by atoms with Crippen LogP contribution in [0.2, 0.25) is 0 Å². The molecule has 0 aliphatic heterocycles. The normalized spacial score (nSPS) is 10.9. The fourth-order valence-corrected chi connectivity index (χ4v) is 2.93. The SMILES string of the molecule is Nc1ccccc1N(CC(=O)O)Cc1cn2ccsc2n1. The summed E-state index contributed by atoms with van der Waals surface area (Å²) < 4.78 is 1.92. The molecule has 0 radical (unpaired) electrons. The Hall–Kier alpha value is -2.54. The summed E-state index contributed by atoms with van der Waals surface area (Å²) in [5.41, 5.74) is 8.02. The number of fused-ring (bicyclic) bond motifs is 1. The minimum Gasteiger partial charge on any atom is -0.480 e. The van der Waals surface area contributed by atoms with Gasteiger partial charge in [0.1, 0.15) is 6.54 Å². The first-order valence-electron chi connectivity index (χ1n) is 6.36. The molecule has 0 amide bonds. The van der Waals surface area contributed by atoms with Gasteiger partial charge in [0.05, 0.1) is 23.6 Å². The number of anilines is 2. The Morgan fingerprint density at radius 2 is 2.24 bits per heavy atom. The maximum atomic E-state index is 11.1. The number of hydrogen-bond acceptors (Lipinski definition) is 5. The minimum atomic E-state index is -0.903. The van der Waals surface area contributed by atoms with Crippen molar-refractivity contribution in [3.63, 3.8) is 0 Å². The number of thiazole rings is 1. The van der Waals surface area contributed by atoms with Crippen molar-refractivity contribution in [2.45, 2.75) is 6.54 Å². The predicted molar refractivity (Wildman–Crippen MR) is 82.6 cm³/mol. The Bertz CT molecular complexity index is 751. The maximum Gasteiger partial charge on any atom is 0.323 e. The Kier molecular flexibility index (Phi) is 3.49. The topological polar surface area (TPSA) is 83.9 Å². The van der Waals surface area contributed by atoms with Crippen LogP contribution >= 0.6 is 11.3 Å². The van der Waals surface area contributed by atoms with Crippen LogP contribution < -0.4 is 10.6 Å². The fourth-order valence-electron chi connectivity index (χ4n) is 2.21. The molecule has 0 atom stereocenters. The van der Waals surface area contributed by atoms with Crippen LogP contribution in [0.5, 0.6) is 0 Å². The van der Waals surface area contributed by atoms with Gasteiger partial charge in [-0.05, 0) is 12.1 Å². The van der Waals surface area contributed by atoms with Crippen LogP contribution in [0.4, 0.5) is 11.4 Å². The van der Waals surface area contributed by atoms with Crippen molar-refractivity contribution < 1.29 is 9.90 Å². The van der Waals surface area contributed by atoms with Crippen molar-refractivity contribution >= 4 is 33.6 Å². The average Bonchev–Trinajstić information content (AvgIpc) is 2.99. The van der Waals surface area contributed by atoms with Crippen LogP contribution in [-0.2, 0) is 11.3 Å². The Morgan fingerprint density at radius 1 is 1.43 bits per heavy atom. The largest absolute Gasteiger partial charge is 0.480 e. The lowest BCUT2D eigenvalue weighted by atomic mass is 10.2. The van der Waals surface area contributed by atoms with Crippen LogP contribution in [0.1, 0.15) is 5.69 Å². The van der Waals surface area contributed by atoms with E-state index in [-0.39, 0.29) is 6.54 Å². The average molecular weight is 302 g/mol. The molecule has 21 heavy (non-hydrogen) atoms. The first kappa shape index (κ1) is 13.4. The zero-order chi connectivity index (χ0) is 14.8. The van der Waals surface area contributed by atoms with E-state index in [0.29, 0.717) is 17.9 Å². The lowest BCUT2D eigenvalue weighted by molar-refractivity contribution is -0.135. The molecule has 7 heteroatoms. The summed E-state index contributed by atoms with van der Waals surface area (Å²) in [5, 5.41) is 11.1. The van der Waals surface area contributed by atoms with Gasteiger partial charge in [0.2, 0.25) is 0 Å². The summed E-state index contributed by atoms with van der Waals surface area (Å²) in [6, 6.07) is 7.24. The van der Waals surface area contributed by atoms with Gasteiger partial charge in [0.25, 0.3) is 0 Å². The van der Waals surface area contributed by atoms with E-state index >= 15 is 0 Å². The van der Waals surface area contributed by atoms with Crippen molar-refractivity contribution in [2.24, 2.45) is 0 Å². The molecule has 108 valence electrons. The number of aliphatic carboxylic acids is 1. The summed E-state index contributed by atoms with van der Waals surface area (Å²) in [5.74, 6) is -0.903. The van der Waals surface area contributed by atoms with Gasteiger partial charge in [0.15, 0.2) is 4.96 Å². The fraction of sp³-hybridized carbons (Fsp3) is 0.143. The van der Waals surface area contributed by atoms with E-state index < -0.39 is 5.97 Å². The molecule has 1 aromatic carbocycles. The molecular weight excluding hydrogens is 288 g/mol. The molecular formula is C14H14N4O2S. The molecule has 3 rings (SSSR count). The summed E-state index contributed by atoms with van der Waals surface area (Å²) >= 11 is 1.54. The third kappa shape index (κ3) is 2.82. The number of nitrogens with zero attached hydrogens (tertiary/aromatic N) is 3. The van der Waals surface area contributed by atoms with Gasteiger partial charge in [-0.15, -0.1) is 11.3 Å².